The number of nitrogens with one attached hydrogen (secondary N) is 1. The number of hydrogen-bond acceptors (Lipinski definition) is 5. The summed E-state index contributed by atoms with van der Waals surface area (Å²) in [6.45, 7) is 2.58. The third-order valence-corrected chi connectivity index (χ3v) is 4.23. The van der Waals surface area contributed by atoms with E-state index in [1.807, 2.05) is 49.4 Å². The first-order valence-electron chi connectivity index (χ1n) is 7.99. The zero-order valence-corrected chi connectivity index (χ0v) is 14.9. The van der Waals surface area contributed by atoms with Gasteiger partial charge in [-0.25, -0.2) is 9.97 Å². The number of benzene rings is 1. The van der Waals surface area contributed by atoms with Crippen molar-refractivity contribution in [2.75, 3.05) is 19.0 Å². The number of pyridine rings is 1. The predicted molar refractivity (Wildman–Crippen MR) is 100 cm³/mol. The molecule has 0 fully saturated rings. The quantitative estimate of drug-likeness (QED) is 0.720. The first kappa shape index (κ1) is 17.2. The summed E-state index contributed by atoms with van der Waals surface area (Å²) in [5.41, 5.74) is 2.66. The second-order valence-electron chi connectivity index (χ2n) is 5.54. The van der Waals surface area contributed by atoms with Crippen molar-refractivity contribution >= 4 is 17.4 Å². The zero-order chi connectivity index (χ0) is 17.6. The average molecular weight is 355 g/mol. The van der Waals surface area contributed by atoms with E-state index in [2.05, 4.69) is 20.3 Å². The normalized spacial score (nSPS) is 10.5. The van der Waals surface area contributed by atoms with Crippen LogP contribution in [0.5, 0.6) is 5.75 Å². The molecule has 25 heavy (non-hydrogen) atoms. The summed E-state index contributed by atoms with van der Waals surface area (Å²) in [5, 5.41) is 3.84. The lowest BCUT2D eigenvalue weighted by atomic mass is 10.1. The molecule has 0 amide bonds. The van der Waals surface area contributed by atoms with Crippen LogP contribution in [0.25, 0.3) is 11.5 Å². The van der Waals surface area contributed by atoms with E-state index in [1.54, 1.807) is 13.3 Å². The number of halogens is 1. The lowest BCUT2D eigenvalue weighted by molar-refractivity contribution is 0.414. The minimum Gasteiger partial charge on any atom is -0.497 e. The number of aryl methyl sites for hydroxylation is 1. The summed E-state index contributed by atoms with van der Waals surface area (Å²) >= 11 is 6.35. The highest BCUT2D eigenvalue weighted by molar-refractivity contribution is 6.33. The molecule has 0 radical (unpaired) electrons. The Morgan fingerprint density at radius 1 is 1.08 bits per heavy atom. The second kappa shape index (κ2) is 7.94. The standard InChI is InChI=1S/C19H19ClN4O/c1-13-17(20)19(24-18(23-13)16-5-3-4-11-21-16)22-12-10-14-6-8-15(25-2)9-7-14/h3-9,11H,10,12H2,1-2H3,(H,22,23,24). The van der Waals surface area contributed by atoms with Gasteiger partial charge in [0.25, 0.3) is 0 Å². The monoisotopic (exact) mass is 354 g/mol. The van der Waals surface area contributed by atoms with E-state index in [1.165, 1.54) is 5.56 Å². The molecule has 128 valence electrons. The highest BCUT2D eigenvalue weighted by Crippen LogP contribution is 2.25. The molecule has 3 aromatic rings. The molecule has 0 aliphatic rings. The molecule has 6 heteroatoms. The molecular formula is C19H19ClN4O. The van der Waals surface area contributed by atoms with Gasteiger partial charge in [-0.3, -0.25) is 4.98 Å². The Bertz CT molecular complexity index is 838. The molecule has 1 aromatic carbocycles. The SMILES string of the molecule is COc1ccc(CCNc2nc(-c3ccccn3)nc(C)c2Cl)cc1. The molecule has 3 rings (SSSR count). The topological polar surface area (TPSA) is 59.9 Å². The number of aromatic nitrogens is 3. The van der Waals surface area contributed by atoms with Crippen molar-refractivity contribution in [2.45, 2.75) is 13.3 Å². The maximum Gasteiger partial charge on any atom is 0.180 e. The fourth-order valence-corrected chi connectivity index (χ4v) is 2.55. The summed E-state index contributed by atoms with van der Waals surface area (Å²) in [6.07, 6.45) is 2.57. The summed E-state index contributed by atoms with van der Waals surface area (Å²) in [4.78, 5) is 13.3. The molecule has 5 nitrogen and oxygen atoms in total. The molecule has 0 bridgehead atoms. The Labute approximate surface area is 152 Å². The minimum absolute atomic E-state index is 0.536. The van der Waals surface area contributed by atoms with Crippen molar-refractivity contribution in [1.29, 1.82) is 0 Å². The van der Waals surface area contributed by atoms with Crippen molar-refractivity contribution in [1.82, 2.24) is 15.0 Å². The van der Waals surface area contributed by atoms with Crippen LogP contribution < -0.4 is 10.1 Å². The first-order chi connectivity index (χ1) is 12.2. The van der Waals surface area contributed by atoms with E-state index in [0.29, 0.717) is 23.2 Å². The lowest BCUT2D eigenvalue weighted by Gasteiger charge is -2.11. The van der Waals surface area contributed by atoms with Gasteiger partial charge in [0.05, 0.1) is 12.8 Å². The van der Waals surface area contributed by atoms with E-state index in [0.717, 1.165) is 23.6 Å². The van der Waals surface area contributed by atoms with Crippen molar-refractivity contribution in [3.63, 3.8) is 0 Å². The van der Waals surface area contributed by atoms with Gasteiger partial charge in [0.15, 0.2) is 5.82 Å². The van der Waals surface area contributed by atoms with Gasteiger partial charge in [-0.05, 0) is 43.2 Å². The molecule has 2 heterocycles. The van der Waals surface area contributed by atoms with Gasteiger partial charge in [0, 0.05) is 12.7 Å². The van der Waals surface area contributed by atoms with Gasteiger partial charge in [0.1, 0.15) is 22.3 Å². The molecule has 1 N–H and O–H groups in total. The van der Waals surface area contributed by atoms with Gasteiger partial charge >= 0.3 is 0 Å². The van der Waals surface area contributed by atoms with Crippen LogP contribution in [0.2, 0.25) is 5.02 Å². The molecular weight excluding hydrogens is 336 g/mol. The molecule has 0 aliphatic carbocycles. The fraction of sp³-hybridized carbons (Fsp3) is 0.211. The Balaban J connectivity index is 1.72. The number of nitrogens with zero attached hydrogens (tertiary/aromatic N) is 3. The van der Waals surface area contributed by atoms with E-state index >= 15 is 0 Å². The van der Waals surface area contributed by atoms with Crippen LogP contribution in [0.4, 0.5) is 5.82 Å². The van der Waals surface area contributed by atoms with Gasteiger partial charge < -0.3 is 10.1 Å². The molecule has 0 saturated carbocycles. The number of ether oxygens (including phenoxy) is 1. The average Bonchev–Trinajstić information content (AvgIpc) is 2.66. The predicted octanol–water partition coefficient (Wildman–Crippen LogP) is 4.16. The molecule has 0 atom stereocenters. The molecule has 0 unspecified atom stereocenters. The van der Waals surface area contributed by atoms with Crippen LogP contribution in [0.1, 0.15) is 11.3 Å². The van der Waals surface area contributed by atoms with Crippen molar-refractivity contribution < 1.29 is 4.74 Å². The molecule has 0 spiro atoms. The second-order valence-corrected chi connectivity index (χ2v) is 5.91. The number of rotatable bonds is 6. The van der Waals surface area contributed by atoms with Crippen molar-refractivity contribution in [3.05, 3.63) is 64.9 Å². The van der Waals surface area contributed by atoms with E-state index in [4.69, 9.17) is 16.3 Å². The number of hydrogen-bond donors (Lipinski definition) is 1. The Morgan fingerprint density at radius 3 is 2.56 bits per heavy atom. The number of anilines is 1. The van der Waals surface area contributed by atoms with Crippen LogP contribution in [0, 0.1) is 6.92 Å². The highest BCUT2D eigenvalue weighted by atomic mass is 35.5. The van der Waals surface area contributed by atoms with Crippen LogP contribution >= 0.6 is 11.6 Å². The Kier molecular flexibility index (Phi) is 5.46. The fourth-order valence-electron chi connectivity index (χ4n) is 2.40. The highest BCUT2D eigenvalue weighted by Gasteiger charge is 2.11. The zero-order valence-electron chi connectivity index (χ0n) is 14.2. The van der Waals surface area contributed by atoms with Crippen LogP contribution in [-0.4, -0.2) is 28.6 Å². The smallest absolute Gasteiger partial charge is 0.180 e. The Hall–Kier alpha value is -2.66. The molecule has 0 saturated heterocycles. The first-order valence-corrected chi connectivity index (χ1v) is 8.37. The van der Waals surface area contributed by atoms with Crippen LogP contribution in [-0.2, 0) is 6.42 Å². The maximum absolute atomic E-state index is 6.35. The largest absolute Gasteiger partial charge is 0.497 e. The van der Waals surface area contributed by atoms with E-state index in [9.17, 15) is 0 Å². The van der Waals surface area contributed by atoms with Gasteiger partial charge in [-0.2, -0.15) is 0 Å². The third kappa shape index (κ3) is 4.25. The summed E-state index contributed by atoms with van der Waals surface area (Å²) in [7, 11) is 1.66. The Morgan fingerprint density at radius 2 is 1.88 bits per heavy atom. The summed E-state index contributed by atoms with van der Waals surface area (Å²) in [5.74, 6) is 2.05. The maximum atomic E-state index is 6.35. The lowest BCUT2D eigenvalue weighted by Crippen LogP contribution is -2.09. The molecule has 0 aliphatic heterocycles. The summed E-state index contributed by atoms with van der Waals surface area (Å²) in [6, 6.07) is 13.7. The minimum atomic E-state index is 0.536. The van der Waals surface area contributed by atoms with E-state index in [-0.39, 0.29) is 0 Å². The number of methoxy groups -OCH3 is 1. The van der Waals surface area contributed by atoms with Crippen molar-refractivity contribution in [2.24, 2.45) is 0 Å². The van der Waals surface area contributed by atoms with E-state index < -0.39 is 0 Å². The third-order valence-electron chi connectivity index (χ3n) is 3.78. The van der Waals surface area contributed by atoms with Crippen LogP contribution in [0.15, 0.2) is 48.7 Å². The summed E-state index contributed by atoms with van der Waals surface area (Å²) < 4.78 is 5.17. The van der Waals surface area contributed by atoms with Gasteiger partial charge in [-0.1, -0.05) is 29.8 Å². The van der Waals surface area contributed by atoms with Gasteiger partial charge in [0.2, 0.25) is 0 Å². The molecule has 2 aromatic heterocycles. The van der Waals surface area contributed by atoms with Crippen molar-refractivity contribution in [3.8, 4) is 17.3 Å². The van der Waals surface area contributed by atoms with Crippen LogP contribution in [0.3, 0.4) is 0 Å². The van der Waals surface area contributed by atoms with Gasteiger partial charge in [-0.15, -0.1) is 0 Å².